The van der Waals surface area contributed by atoms with Crippen molar-refractivity contribution in [3.63, 3.8) is 0 Å². The van der Waals surface area contributed by atoms with Crippen LogP contribution >= 0.6 is 0 Å². The standard InChI is InChI=1S/C28H24N4O3/c33-27(19-10-11-25-24(12-19)29-26(35-25)18-6-2-1-3-7-18)31-14-21(15-31)30-16-22(17-30)32-13-20-8-4-5-9-23(20)28(32)34/h1-12,21-22H,13-17H2. The minimum atomic E-state index is 0.0228. The molecule has 7 heteroatoms. The van der Waals surface area contributed by atoms with E-state index in [0.717, 1.165) is 29.8 Å². The summed E-state index contributed by atoms with van der Waals surface area (Å²) in [5.41, 5.74) is 4.86. The van der Waals surface area contributed by atoms with Crippen molar-refractivity contribution in [1.29, 1.82) is 0 Å². The van der Waals surface area contributed by atoms with E-state index in [1.54, 1.807) is 0 Å². The maximum Gasteiger partial charge on any atom is 0.254 e. The predicted octanol–water partition coefficient (Wildman–Crippen LogP) is 3.66. The Morgan fingerprint density at radius 3 is 2.46 bits per heavy atom. The summed E-state index contributed by atoms with van der Waals surface area (Å²) in [6, 6.07) is 23.7. The fourth-order valence-electron chi connectivity index (χ4n) is 5.35. The Hall–Kier alpha value is -3.97. The average Bonchev–Trinajstić information content (AvgIpc) is 3.41. The van der Waals surface area contributed by atoms with Crippen LogP contribution in [0.25, 0.3) is 22.6 Å². The first-order valence-corrected chi connectivity index (χ1v) is 12.0. The third kappa shape index (κ3) is 3.34. The van der Waals surface area contributed by atoms with Crippen LogP contribution in [-0.4, -0.2) is 69.8 Å². The molecular formula is C28H24N4O3. The Kier molecular flexibility index (Phi) is 4.54. The molecule has 0 saturated carbocycles. The largest absolute Gasteiger partial charge is 0.436 e. The van der Waals surface area contributed by atoms with Crippen LogP contribution in [0.3, 0.4) is 0 Å². The van der Waals surface area contributed by atoms with Crippen LogP contribution in [0.5, 0.6) is 0 Å². The number of nitrogens with zero attached hydrogens (tertiary/aromatic N) is 4. The molecule has 1 aromatic heterocycles. The lowest BCUT2D eigenvalue weighted by Gasteiger charge is -2.53. The minimum Gasteiger partial charge on any atom is -0.436 e. The molecule has 7 rings (SSSR count). The van der Waals surface area contributed by atoms with Gasteiger partial charge in [0.15, 0.2) is 5.58 Å². The summed E-state index contributed by atoms with van der Waals surface area (Å²) in [6.45, 7) is 3.89. The molecule has 35 heavy (non-hydrogen) atoms. The van der Waals surface area contributed by atoms with Crippen molar-refractivity contribution in [2.75, 3.05) is 26.2 Å². The first kappa shape index (κ1) is 20.4. The first-order valence-electron chi connectivity index (χ1n) is 12.0. The minimum absolute atomic E-state index is 0.0228. The highest BCUT2D eigenvalue weighted by Gasteiger charge is 2.45. The lowest BCUT2D eigenvalue weighted by atomic mass is 9.98. The monoisotopic (exact) mass is 464 g/mol. The van der Waals surface area contributed by atoms with Crippen molar-refractivity contribution in [1.82, 2.24) is 19.7 Å². The number of hydrogen-bond donors (Lipinski definition) is 0. The Labute approximate surface area is 202 Å². The van der Waals surface area contributed by atoms with Crippen LogP contribution in [0.1, 0.15) is 26.3 Å². The van der Waals surface area contributed by atoms with Crippen LogP contribution in [0.2, 0.25) is 0 Å². The summed E-state index contributed by atoms with van der Waals surface area (Å²) in [7, 11) is 0. The van der Waals surface area contributed by atoms with Gasteiger partial charge in [-0.15, -0.1) is 0 Å². The molecule has 0 aliphatic carbocycles. The summed E-state index contributed by atoms with van der Waals surface area (Å²) in [4.78, 5) is 36.6. The van der Waals surface area contributed by atoms with Crippen molar-refractivity contribution in [3.05, 3.63) is 89.5 Å². The highest BCUT2D eigenvalue weighted by atomic mass is 16.3. The van der Waals surface area contributed by atoms with Crippen molar-refractivity contribution in [2.24, 2.45) is 0 Å². The van der Waals surface area contributed by atoms with Gasteiger partial charge in [-0.05, 0) is 42.0 Å². The van der Waals surface area contributed by atoms with Gasteiger partial charge in [0.1, 0.15) is 5.52 Å². The number of likely N-dealkylation sites (tertiary alicyclic amines) is 2. The van der Waals surface area contributed by atoms with Gasteiger partial charge in [-0.3, -0.25) is 14.5 Å². The molecule has 0 spiro atoms. The zero-order chi connectivity index (χ0) is 23.5. The molecule has 174 valence electrons. The average molecular weight is 465 g/mol. The number of carbonyl (C=O) groups is 2. The molecule has 4 aromatic rings. The second-order valence-electron chi connectivity index (χ2n) is 9.63. The van der Waals surface area contributed by atoms with Gasteiger partial charge in [0.05, 0.1) is 6.04 Å². The van der Waals surface area contributed by atoms with E-state index in [1.807, 2.05) is 82.6 Å². The number of carbonyl (C=O) groups excluding carboxylic acids is 2. The summed E-state index contributed by atoms with van der Waals surface area (Å²) in [5, 5.41) is 0. The van der Waals surface area contributed by atoms with Gasteiger partial charge in [-0.2, -0.15) is 0 Å². The molecule has 4 heterocycles. The maximum atomic E-state index is 13.1. The molecule has 2 amide bonds. The molecule has 0 unspecified atom stereocenters. The quantitative estimate of drug-likeness (QED) is 0.461. The van der Waals surface area contributed by atoms with E-state index in [9.17, 15) is 9.59 Å². The van der Waals surface area contributed by atoms with Crippen molar-refractivity contribution in [2.45, 2.75) is 18.6 Å². The van der Waals surface area contributed by atoms with Crippen molar-refractivity contribution < 1.29 is 14.0 Å². The first-order chi connectivity index (χ1) is 17.1. The second kappa shape index (κ2) is 7.78. The lowest BCUT2D eigenvalue weighted by Crippen LogP contribution is -2.70. The number of oxazole rings is 1. The van der Waals surface area contributed by atoms with Crippen LogP contribution in [-0.2, 0) is 6.54 Å². The maximum absolute atomic E-state index is 13.1. The third-order valence-electron chi connectivity index (χ3n) is 7.50. The number of fused-ring (bicyclic) bond motifs is 2. The molecule has 2 fully saturated rings. The molecule has 2 saturated heterocycles. The van der Waals surface area contributed by atoms with Crippen LogP contribution in [0.15, 0.2) is 77.2 Å². The molecule has 3 aliphatic heterocycles. The summed E-state index contributed by atoms with van der Waals surface area (Å²) < 4.78 is 5.87. The van der Waals surface area contributed by atoms with Gasteiger partial charge in [-0.1, -0.05) is 36.4 Å². The van der Waals surface area contributed by atoms with E-state index in [-0.39, 0.29) is 17.9 Å². The molecule has 3 aromatic carbocycles. The number of rotatable bonds is 4. The molecule has 0 radical (unpaired) electrons. The topological polar surface area (TPSA) is 69.9 Å². The van der Waals surface area contributed by atoms with E-state index < -0.39 is 0 Å². The van der Waals surface area contributed by atoms with Gasteiger partial charge in [-0.25, -0.2) is 4.98 Å². The van der Waals surface area contributed by atoms with Gasteiger partial charge in [0, 0.05) is 55.5 Å². The molecule has 0 atom stereocenters. The third-order valence-corrected chi connectivity index (χ3v) is 7.50. The van der Waals surface area contributed by atoms with Gasteiger partial charge in [0.2, 0.25) is 5.89 Å². The Morgan fingerprint density at radius 2 is 1.66 bits per heavy atom. The van der Waals surface area contributed by atoms with Crippen LogP contribution in [0, 0.1) is 0 Å². The summed E-state index contributed by atoms with van der Waals surface area (Å²) in [5.74, 6) is 0.727. The SMILES string of the molecule is O=C(c1ccc2oc(-c3ccccc3)nc2c1)N1CC(N2CC(N3Cc4ccccc4C3=O)C2)C1. The summed E-state index contributed by atoms with van der Waals surface area (Å²) >= 11 is 0. The van der Waals surface area contributed by atoms with E-state index >= 15 is 0 Å². The van der Waals surface area contributed by atoms with Crippen LogP contribution < -0.4 is 0 Å². The highest BCUT2D eigenvalue weighted by molar-refractivity contribution is 5.99. The fraction of sp³-hybridized carbons (Fsp3) is 0.250. The Morgan fingerprint density at radius 1 is 0.886 bits per heavy atom. The van der Waals surface area contributed by atoms with Gasteiger partial charge < -0.3 is 14.2 Å². The second-order valence-corrected chi connectivity index (χ2v) is 9.63. The predicted molar refractivity (Wildman–Crippen MR) is 131 cm³/mol. The molecule has 0 N–H and O–H groups in total. The van der Waals surface area contributed by atoms with Gasteiger partial charge in [0.25, 0.3) is 11.8 Å². The lowest BCUT2D eigenvalue weighted by molar-refractivity contribution is -0.0364. The molecule has 0 bridgehead atoms. The smallest absolute Gasteiger partial charge is 0.254 e. The Bertz CT molecular complexity index is 1450. The van der Waals surface area contributed by atoms with Crippen LogP contribution in [0.4, 0.5) is 0 Å². The highest BCUT2D eigenvalue weighted by Crippen LogP contribution is 2.31. The number of hydrogen-bond acceptors (Lipinski definition) is 5. The Balaban J connectivity index is 0.965. The van der Waals surface area contributed by atoms with E-state index in [0.29, 0.717) is 48.2 Å². The fourth-order valence-corrected chi connectivity index (χ4v) is 5.35. The van der Waals surface area contributed by atoms with E-state index in [1.165, 1.54) is 0 Å². The number of aromatic nitrogens is 1. The van der Waals surface area contributed by atoms with Crippen molar-refractivity contribution in [3.8, 4) is 11.5 Å². The summed E-state index contributed by atoms with van der Waals surface area (Å²) in [6.07, 6.45) is 0. The van der Waals surface area contributed by atoms with Crippen molar-refractivity contribution >= 4 is 22.9 Å². The number of benzene rings is 3. The molecule has 3 aliphatic rings. The zero-order valence-electron chi connectivity index (χ0n) is 19.1. The molecule has 7 nitrogen and oxygen atoms in total. The zero-order valence-corrected chi connectivity index (χ0v) is 19.1. The van der Waals surface area contributed by atoms with E-state index in [4.69, 9.17) is 4.42 Å². The number of amides is 2. The normalized spacial score (nSPS) is 18.6. The molecular weight excluding hydrogens is 440 g/mol. The van der Waals surface area contributed by atoms with E-state index in [2.05, 4.69) is 9.88 Å². The van der Waals surface area contributed by atoms with Gasteiger partial charge >= 0.3 is 0 Å².